The minimum absolute atomic E-state index is 0.0643. The van der Waals surface area contributed by atoms with E-state index < -0.39 is 0 Å². The van der Waals surface area contributed by atoms with Gasteiger partial charge in [-0.05, 0) is 37.8 Å². The molecule has 3 rings (SSSR count). The number of carbonyl (C=O) groups excluding carboxylic acids is 1. The number of hydrogen-bond donors (Lipinski definition) is 1. The van der Waals surface area contributed by atoms with E-state index in [1.807, 2.05) is 11.0 Å². The summed E-state index contributed by atoms with van der Waals surface area (Å²) in [5, 5.41) is 13.2. The monoisotopic (exact) mass is 318 g/mol. The Kier molecular flexibility index (Phi) is 4.76. The Morgan fingerprint density at radius 2 is 2.26 bits per heavy atom. The van der Waals surface area contributed by atoms with Crippen molar-refractivity contribution in [1.29, 1.82) is 0 Å². The zero-order valence-corrected chi connectivity index (χ0v) is 13.1. The van der Waals surface area contributed by atoms with Gasteiger partial charge in [0.1, 0.15) is 0 Å². The van der Waals surface area contributed by atoms with Crippen LogP contribution in [0, 0.1) is 0 Å². The molecular weight excluding hydrogens is 296 g/mol. The van der Waals surface area contributed by atoms with Gasteiger partial charge in [0.2, 0.25) is 5.91 Å². The molecule has 0 spiro atoms. The van der Waals surface area contributed by atoms with Crippen molar-refractivity contribution >= 4 is 11.6 Å². The Labute approximate surface area is 134 Å². The fraction of sp³-hybridized carbons (Fsp3) is 0.562. The highest BCUT2D eigenvalue weighted by Crippen LogP contribution is 2.22. The van der Waals surface area contributed by atoms with Gasteiger partial charge in [0.15, 0.2) is 5.65 Å². The van der Waals surface area contributed by atoms with E-state index in [0.29, 0.717) is 12.2 Å². The molecule has 2 aromatic rings. The number of fused-ring (bicyclic) bond motifs is 1. The van der Waals surface area contributed by atoms with E-state index in [-0.39, 0.29) is 30.7 Å². The third-order valence-corrected chi connectivity index (χ3v) is 4.42. The molecule has 0 aromatic carbocycles. The van der Waals surface area contributed by atoms with Crippen LogP contribution in [-0.4, -0.2) is 49.3 Å². The van der Waals surface area contributed by atoms with Crippen molar-refractivity contribution in [1.82, 2.24) is 19.1 Å². The molecule has 0 radical (unpaired) electrons. The van der Waals surface area contributed by atoms with Gasteiger partial charge in [0, 0.05) is 31.8 Å². The first-order valence-corrected chi connectivity index (χ1v) is 8.15. The zero-order valence-electron chi connectivity index (χ0n) is 13.1. The number of aliphatic hydroxyl groups is 1. The normalized spacial score (nSPS) is 18.0. The molecule has 3 heterocycles. The van der Waals surface area contributed by atoms with Crippen LogP contribution in [0.15, 0.2) is 29.2 Å². The lowest BCUT2D eigenvalue weighted by Crippen LogP contribution is -2.36. The highest BCUT2D eigenvalue weighted by atomic mass is 16.3. The molecule has 0 bridgehead atoms. The standard InChI is InChI=1S/C16H22N4O3/c21-12-4-6-13-5-3-10-18(13)15(22)8-11-20-16(23)19-9-2-1-7-14(19)17-20/h1-2,7,9,13,21H,3-6,8,10-12H2. The summed E-state index contributed by atoms with van der Waals surface area (Å²) in [7, 11) is 0. The van der Waals surface area contributed by atoms with E-state index in [1.165, 1.54) is 9.08 Å². The highest BCUT2D eigenvalue weighted by Gasteiger charge is 2.27. The Bertz CT molecular complexity index is 736. The second-order valence-corrected chi connectivity index (χ2v) is 5.93. The SMILES string of the molecule is O=C(CCn1nc2ccccn2c1=O)N1CCCC1CCCO. The predicted molar refractivity (Wildman–Crippen MR) is 85.1 cm³/mol. The molecule has 1 amide bonds. The van der Waals surface area contributed by atoms with Crippen LogP contribution in [0.3, 0.4) is 0 Å². The van der Waals surface area contributed by atoms with Gasteiger partial charge in [-0.25, -0.2) is 9.48 Å². The average molecular weight is 318 g/mol. The molecule has 0 saturated carbocycles. The Balaban J connectivity index is 1.64. The number of aryl methyl sites for hydroxylation is 1. The van der Waals surface area contributed by atoms with E-state index in [9.17, 15) is 9.59 Å². The molecule has 7 nitrogen and oxygen atoms in total. The van der Waals surface area contributed by atoms with Gasteiger partial charge in [-0.2, -0.15) is 0 Å². The van der Waals surface area contributed by atoms with Crippen molar-refractivity contribution in [3.63, 3.8) is 0 Å². The summed E-state index contributed by atoms with van der Waals surface area (Å²) in [6, 6.07) is 5.60. The molecule has 2 aromatic heterocycles. The van der Waals surface area contributed by atoms with E-state index >= 15 is 0 Å². The van der Waals surface area contributed by atoms with E-state index in [2.05, 4.69) is 5.10 Å². The van der Waals surface area contributed by atoms with Gasteiger partial charge in [-0.3, -0.25) is 9.20 Å². The molecule has 23 heavy (non-hydrogen) atoms. The Morgan fingerprint density at radius 1 is 1.39 bits per heavy atom. The summed E-state index contributed by atoms with van der Waals surface area (Å²) in [5.41, 5.74) is 0.374. The lowest BCUT2D eigenvalue weighted by atomic mass is 10.1. The summed E-state index contributed by atoms with van der Waals surface area (Å²) >= 11 is 0. The lowest BCUT2D eigenvalue weighted by Gasteiger charge is -2.24. The maximum absolute atomic E-state index is 12.4. The number of hydrogen-bond acceptors (Lipinski definition) is 4. The summed E-state index contributed by atoms with van der Waals surface area (Å²) in [4.78, 5) is 26.5. The molecule has 1 aliphatic heterocycles. The highest BCUT2D eigenvalue weighted by molar-refractivity contribution is 5.76. The number of rotatable bonds is 6. The topological polar surface area (TPSA) is 79.8 Å². The van der Waals surface area contributed by atoms with Gasteiger partial charge in [-0.1, -0.05) is 6.07 Å². The van der Waals surface area contributed by atoms with E-state index in [4.69, 9.17) is 5.11 Å². The molecule has 1 fully saturated rings. The van der Waals surface area contributed by atoms with Crippen molar-refractivity contribution < 1.29 is 9.90 Å². The van der Waals surface area contributed by atoms with Gasteiger partial charge in [-0.15, -0.1) is 5.10 Å². The van der Waals surface area contributed by atoms with E-state index in [0.717, 1.165) is 32.2 Å². The fourth-order valence-electron chi connectivity index (χ4n) is 3.25. The summed E-state index contributed by atoms with van der Waals surface area (Å²) in [6.45, 7) is 1.23. The largest absolute Gasteiger partial charge is 0.396 e. The third kappa shape index (κ3) is 3.29. The van der Waals surface area contributed by atoms with Gasteiger partial charge >= 0.3 is 5.69 Å². The number of pyridine rings is 1. The number of likely N-dealkylation sites (tertiary alicyclic amines) is 1. The first-order valence-electron chi connectivity index (χ1n) is 8.15. The van der Waals surface area contributed by atoms with Crippen LogP contribution in [0.25, 0.3) is 5.65 Å². The number of aromatic nitrogens is 3. The first-order chi connectivity index (χ1) is 11.2. The van der Waals surface area contributed by atoms with Crippen LogP contribution in [0.4, 0.5) is 0 Å². The summed E-state index contributed by atoms with van der Waals surface area (Å²) < 4.78 is 2.83. The molecule has 1 aliphatic rings. The Morgan fingerprint density at radius 3 is 3.04 bits per heavy atom. The zero-order chi connectivity index (χ0) is 16.2. The van der Waals surface area contributed by atoms with Gasteiger partial charge < -0.3 is 10.0 Å². The second-order valence-electron chi connectivity index (χ2n) is 5.93. The molecule has 1 saturated heterocycles. The van der Waals surface area contributed by atoms with Crippen molar-refractivity contribution in [2.75, 3.05) is 13.2 Å². The smallest absolute Gasteiger partial charge is 0.350 e. The second kappa shape index (κ2) is 6.95. The van der Waals surface area contributed by atoms with Crippen molar-refractivity contribution in [3.05, 3.63) is 34.9 Å². The number of nitrogens with zero attached hydrogens (tertiary/aromatic N) is 4. The number of aliphatic hydroxyl groups excluding tert-OH is 1. The quantitative estimate of drug-likeness (QED) is 0.848. The molecular formula is C16H22N4O3. The van der Waals surface area contributed by atoms with Gasteiger partial charge in [0.25, 0.3) is 0 Å². The van der Waals surface area contributed by atoms with Crippen LogP contribution in [0.5, 0.6) is 0 Å². The van der Waals surface area contributed by atoms with Crippen LogP contribution in [-0.2, 0) is 11.3 Å². The van der Waals surface area contributed by atoms with Crippen molar-refractivity contribution in [3.8, 4) is 0 Å². The van der Waals surface area contributed by atoms with Crippen LogP contribution >= 0.6 is 0 Å². The maximum Gasteiger partial charge on any atom is 0.350 e. The minimum atomic E-state index is -0.216. The number of carbonyl (C=O) groups is 1. The molecule has 7 heteroatoms. The minimum Gasteiger partial charge on any atom is -0.396 e. The summed E-state index contributed by atoms with van der Waals surface area (Å²) in [5.74, 6) is 0.0643. The van der Waals surface area contributed by atoms with Crippen LogP contribution in [0.2, 0.25) is 0 Å². The van der Waals surface area contributed by atoms with Crippen molar-refractivity contribution in [2.24, 2.45) is 0 Å². The average Bonchev–Trinajstić information content (AvgIpc) is 3.16. The molecule has 124 valence electrons. The first kappa shape index (κ1) is 15.7. The third-order valence-electron chi connectivity index (χ3n) is 4.42. The molecule has 0 aliphatic carbocycles. The molecule has 1 N–H and O–H groups in total. The molecule has 1 unspecified atom stereocenters. The summed E-state index contributed by atoms with van der Waals surface area (Å²) in [6.07, 6.45) is 5.53. The van der Waals surface area contributed by atoms with Crippen LogP contribution < -0.4 is 5.69 Å². The van der Waals surface area contributed by atoms with Gasteiger partial charge in [0.05, 0.1) is 6.54 Å². The Hall–Kier alpha value is -2.15. The maximum atomic E-state index is 12.4. The van der Waals surface area contributed by atoms with E-state index in [1.54, 1.807) is 18.3 Å². The lowest BCUT2D eigenvalue weighted by molar-refractivity contribution is -0.132. The van der Waals surface area contributed by atoms with Crippen molar-refractivity contribution in [2.45, 2.75) is 44.7 Å². The predicted octanol–water partition coefficient (Wildman–Crippen LogP) is 0.650. The fourth-order valence-corrected chi connectivity index (χ4v) is 3.25. The van der Waals surface area contributed by atoms with Crippen LogP contribution in [0.1, 0.15) is 32.1 Å². The molecule has 1 atom stereocenters. The number of amides is 1.